The minimum atomic E-state index is 0.0679. The Morgan fingerprint density at radius 3 is 2.62 bits per heavy atom. The zero-order valence-electron chi connectivity index (χ0n) is 9.07. The van der Waals surface area contributed by atoms with E-state index in [0.29, 0.717) is 12.0 Å². The molecule has 80 valence electrons. The quantitative estimate of drug-likeness (QED) is 0.733. The standard InChI is InChI=1S/C14H12O2/c1-10(16)8-12-7-6-11-4-2-3-5-13(11)14(12)9-15/h2-7,9H,8H2,1H3. The van der Waals surface area contributed by atoms with Crippen LogP contribution in [0.2, 0.25) is 0 Å². The van der Waals surface area contributed by atoms with Crippen molar-refractivity contribution in [3.05, 3.63) is 47.5 Å². The number of benzene rings is 2. The van der Waals surface area contributed by atoms with Gasteiger partial charge in [-0.1, -0.05) is 36.4 Å². The van der Waals surface area contributed by atoms with Crippen molar-refractivity contribution in [2.45, 2.75) is 13.3 Å². The summed E-state index contributed by atoms with van der Waals surface area (Å²) in [4.78, 5) is 22.2. The van der Waals surface area contributed by atoms with Crippen LogP contribution in [0.4, 0.5) is 0 Å². The summed E-state index contributed by atoms with van der Waals surface area (Å²) in [7, 11) is 0. The Labute approximate surface area is 93.9 Å². The summed E-state index contributed by atoms with van der Waals surface area (Å²) in [5.41, 5.74) is 1.44. The predicted molar refractivity (Wildman–Crippen MR) is 63.7 cm³/mol. The van der Waals surface area contributed by atoms with E-state index in [1.54, 1.807) is 0 Å². The van der Waals surface area contributed by atoms with E-state index in [0.717, 1.165) is 22.6 Å². The van der Waals surface area contributed by atoms with Crippen molar-refractivity contribution in [3.63, 3.8) is 0 Å². The third-order valence-electron chi connectivity index (χ3n) is 2.62. The summed E-state index contributed by atoms with van der Waals surface area (Å²) in [6, 6.07) is 11.5. The molecule has 0 aliphatic carbocycles. The van der Waals surface area contributed by atoms with Gasteiger partial charge in [-0.05, 0) is 23.3 Å². The highest BCUT2D eigenvalue weighted by atomic mass is 16.1. The van der Waals surface area contributed by atoms with Crippen molar-refractivity contribution < 1.29 is 9.59 Å². The van der Waals surface area contributed by atoms with E-state index in [9.17, 15) is 9.59 Å². The lowest BCUT2D eigenvalue weighted by Gasteiger charge is -2.06. The van der Waals surface area contributed by atoms with E-state index >= 15 is 0 Å². The fourth-order valence-electron chi connectivity index (χ4n) is 1.90. The van der Waals surface area contributed by atoms with Gasteiger partial charge in [0.15, 0.2) is 6.29 Å². The first kappa shape index (κ1) is 10.6. The zero-order valence-corrected chi connectivity index (χ0v) is 9.07. The fourth-order valence-corrected chi connectivity index (χ4v) is 1.90. The SMILES string of the molecule is CC(=O)Cc1ccc2ccccc2c1C=O. The van der Waals surface area contributed by atoms with Gasteiger partial charge < -0.3 is 0 Å². The lowest BCUT2D eigenvalue weighted by atomic mass is 9.97. The maximum absolute atomic E-state index is 11.1. The third-order valence-corrected chi connectivity index (χ3v) is 2.62. The second kappa shape index (κ2) is 4.27. The van der Waals surface area contributed by atoms with Crippen molar-refractivity contribution >= 4 is 22.8 Å². The summed E-state index contributed by atoms with van der Waals surface area (Å²) < 4.78 is 0. The molecule has 0 saturated carbocycles. The number of ketones is 1. The van der Waals surface area contributed by atoms with Gasteiger partial charge in [-0.3, -0.25) is 9.59 Å². The van der Waals surface area contributed by atoms with E-state index < -0.39 is 0 Å². The van der Waals surface area contributed by atoms with Gasteiger partial charge in [0.25, 0.3) is 0 Å². The van der Waals surface area contributed by atoms with Crippen LogP contribution in [0.5, 0.6) is 0 Å². The Bertz CT molecular complexity index is 556. The molecular formula is C14H12O2. The number of hydrogen-bond donors (Lipinski definition) is 0. The van der Waals surface area contributed by atoms with Crippen LogP contribution >= 0.6 is 0 Å². The summed E-state index contributed by atoms with van der Waals surface area (Å²) in [6.45, 7) is 1.53. The first-order chi connectivity index (χ1) is 7.72. The van der Waals surface area contributed by atoms with Gasteiger partial charge in [0.2, 0.25) is 0 Å². The van der Waals surface area contributed by atoms with E-state index in [4.69, 9.17) is 0 Å². The lowest BCUT2D eigenvalue weighted by molar-refractivity contribution is -0.116. The molecule has 0 saturated heterocycles. The summed E-state index contributed by atoms with van der Waals surface area (Å²) in [5, 5.41) is 1.94. The Morgan fingerprint density at radius 1 is 1.19 bits per heavy atom. The van der Waals surface area contributed by atoms with Crippen molar-refractivity contribution in [1.29, 1.82) is 0 Å². The number of carbonyl (C=O) groups excluding carboxylic acids is 2. The summed E-state index contributed by atoms with van der Waals surface area (Å²) in [6.07, 6.45) is 1.15. The van der Waals surface area contributed by atoms with Gasteiger partial charge in [-0.25, -0.2) is 0 Å². The van der Waals surface area contributed by atoms with Crippen molar-refractivity contribution in [2.75, 3.05) is 0 Å². The molecule has 0 spiro atoms. The van der Waals surface area contributed by atoms with Crippen molar-refractivity contribution in [1.82, 2.24) is 0 Å². The molecule has 2 nitrogen and oxygen atoms in total. The Hall–Kier alpha value is -1.96. The van der Waals surface area contributed by atoms with E-state index in [-0.39, 0.29) is 5.78 Å². The van der Waals surface area contributed by atoms with E-state index in [1.165, 1.54) is 6.92 Å². The molecule has 0 aliphatic rings. The van der Waals surface area contributed by atoms with Crippen LogP contribution in [0.15, 0.2) is 36.4 Å². The van der Waals surface area contributed by atoms with Gasteiger partial charge in [0, 0.05) is 12.0 Å². The molecule has 0 fully saturated rings. The largest absolute Gasteiger partial charge is 0.300 e. The van der Waals surface area contributed by atoms with Gasteiger partial charge >= 0.3 is 0 Å². The molecule has 0 radical (unpaired) electrons. The first-order valence-electron chi connectivity index (χ1n) is 5.17. The molecule has 0 aromatic heterocycles. The first-order valence-corrected chi connectivity index (χ1v) is 5.17. The maximum Gasteiger partial charge on any atom is 0.150 e. The molecular weight excluding hydrogens is 200 g/mol. The number of fused-ring (bicyclic) bond motifs is 1. The van der Waals surface area contributed by atoms with Crippen molar-refractivity contribution in [2.24, 2.45) is 0 Å². The number of Topliss-reactive ketones (excluding diaryl/α,β-unsaturated/α-hetero) is 1. The summed E-state index contributed by atoms with van der Waals surface area (Å²) >= 11 is 0. The molecule has 0 amide bonds. The average Bonchev–Trinajstić information content (AvgIpc) is 2.28. The number of hydrogen-bond acceptors (Lipinski definition) is 2. The van der Waals surface area contributed by atoms with Crippen LogP contribution in [-0.2, 0) is 11.2 Å². The van der Waals surface area contributed by atoms with E-state index in [1.807, 2.05) is 36.4 Å². The highest BCUT2D eigenvalue weighted by Gasteiger charge is 2.07. The Balaban J connectivity index is 2.67. The topological polar surface area (TPSA) is 34.1 Å². The molecule has 16 heavy (non-hydrogen) atoms. The van der Waals surface area contributed by atoms with Crippen molar-refractivity contribution in [3.8, 4) is 0 Å². The van der Waals surface area contributed by atoms with Gasteiger partial charge in [-0.2, -0.15) is 0 Å². The monoisotopic (exact) mass is 212 g/mol. The second-order valence-corrected chi connectivity index (χ2v) is 3.86. The van der Waals surface area contributed by atoms with Crippen LogP contribution in [-0.4, -0.2) is 12.1 Å². The zero-order chi connectivity index (χ0) is 11.5. The van der Waals surface area contributed by atoms with Crippen LogP contribution < -0.4 is 0 Å². The molecule has 0 bridgehead atoms. The Kier molecular flexibility index (Phi) is 2.82. The highest BCUT2D eigenvalue weighted by molar-refractivity contribution is 6.00. The minimum absolute atomic E-state index is 0.0679. The van der Waals surface area contributed by atoms with Gasteiger partial charge in [-0.15, -0.1) is 0 Å². The van der Waals surface area contributed by atoms with Crippen LogP contribution in [0.3, 0.4) is 0 Å². The van der Waals surface area contributed by atoms with Gasteiger partial charge in [0.1, 0.15) is 5.78 Å². The third kappa shape index (κ3) is 1.87. The molecule has 2 heteroatoms. The molecule has 2 rings (SSSR count). The second-order valence-electron chi connectivity index (χ2n) is 3.86. The molecule has 0 heterocycles. The van der Waals surface area contributed by atoms with Crippen LogP contribution in [0.25, 0.3) is 10.8 Å². The lowest BCUT2D eigenvalue weighted by Crippen LogP contribution is -2.01. The average molecular weight is 212 g/mol. The highest BCUT2D eigenvalue weighted by Crippen LogP contribution is 2.21. The van der Waals surface area contributed by atoms with Crippen LogP contribution in [0, 0.1) is 0 Å². The molecule has 0 atom stereocenters. The summed E-state index contributed by atoms with van der Waals surface area (Å²) in [5.74, 6) is 0.0679. The van der Waals surface area contributed by atoms with E-state index in [2.05, 4.69) is 0 Å². The smallest absolute Gasteiger partial charge is 0.150 e. The molecule has 2 aromatic rings. The fraction of sp³-hybridized carbons (Fsp3) is 0.143. The molecule has 0 N–H and O–H groups in total. The minimum Gasteiger partial charge on any atom is -0.300 e. The molecule has 0 unspecified atom stereocenters. The van der Waals surface area contributed by atoms with Crippen LogP contribution in [0.1, 0.15) is 22.8 Å². The predicted octanol–water partition coefficient (Wildman–Crippen LogP) is 2.78. The number of rotatable bonds is 3. The normalized spacial score (nSPS) is 10.3. The molecule has 2 aromatic carbocycles. The number of aldehydes is 1. The van der Waals surface area contributed by atoms with Gasteiger partial charge in [0.05, 0.1) is 0 Å². The molecule has 0 aliphatic heterocycles. The number of carbonyl (C=O) groups is 2. The Morgan fingerprint density at radius 2 is 1.94 bits per heavy atom. The maximum atomic E-state index is 11.1.